The van der Waals surface area contributed by atoms with Crippen LogP contribution >= 0.6 is 0 Å². The molecular weight excluding hydrogens is 303 g/mol. The lowest BCUT2D eigenvalue weighted by atomic mass is 10.1. The quantitative estimate of drug-likeness (QED) is 0.681. The van der Waals surface area contributed by atoms with Gasteiger partial charge in [0.05, 0.1) is 5.52 Å². The number of aromatic nitrogens is 1. The third-order valence-corrected chi connectivity index (χ3v) is 4.16. The smallest absolute Gasteiger partial charge is 0.132 e. The van der Waals surface area contributed by atoms with Gasteiger partial charge < -0.3 is 14.2 Å². The van der Waals surface area contributed by atoms with Crippen molar-refractivity contribution in [1.29, 1.82) is 0 Å². The molecule has 24 heavy (non-hydrogen) atoms. The lowest BCUT2D eigenvalue weighted by Gasteiger charge is -2.12. The molecule has 0 aliphatic heterocycles. The van der Waals surface area contributed by atoms with E-state index in [2.05, 4.69) is 25.2 Å². The molecule has 3 rings (SSSR count). The van der Waals surface area contributed by atoms with Gasteiger partial charge in [0.2, 0.25) is 0 Å². The highest BCUT2D eigenvalue weighted by Gasteiger charge is 2.14. The number of nitrogens with zero attached hydrogens (tertiary/aromatic N) is 2. The second-order valence-corrected chi connectivity index (χ2v) is 6.39. The Hall–Kier alpha value is -2.33. The summed E-state index contributed by atoms with van der Waals surface area (Å²) in [7, 11) is 6.05. The Bertz CT molecular complexity index is 825. The van der Waals surface area contributed by atoms with Crippen LogP contribution in [-0.2, 0) is 20.1 Å². The SMILES string of the molecule is CN(C)CCc1cn(C)c2cc(F)cc(OCc3ccccc3)c12. The molecule has 0 spiro atoms. The van der Waals surface area contributed by atoms with Gasteiger partial charge in [-0.1, -0.05) is 30.3 Å². The molecule has 0 saturated carbocycles. The number of hydrogen-bond donors (Lipinski definition) is 0. The fourth-order valence-corrected chi connectivity index (χ4v) is 2.92. The lowest BCUT2D eigenvalue weighted by Crippen LogP contribution is -2.15. The Balaban J connectivity index is 1.95. The maximum atomic E-state index is 14.0. The first-order valence-electron chi connectivity index (χ1n) is 8.13. The molecule has 4 heteroatoms. The minimum absolute atomic E-state index is 0.272. The number of hydrogen-bond acceptors (Lipinski definition) is 2. The van der Waals surface area contributed by atoms with E-state index in [1.165, 1.54) is 11.6 Å². The summed E-state index contributed by atoms with van der Waals surface area (Å²) in [6, 6.07) is 13.0. The third-order valence-electron chi connectivity index (χ3n) is 4.16. The predicted molar refractivity (Wildman–Crippen MR) is 95.9 cm³/mol. The molecule has 0 atom stereocenters. The Morgan fingerprint density at radius 3 is 2.58 bits per heavy atom. The van der Waals surface area contributed by atoms with Gasteiger partial charge in [-0.25, -0.2) is 4.39 Å². The molecule has 0 amide bonds. The summed E-state index contributed by atoms with van der Waals surface area (Å²) in [5.74, 6) is 0.342. The second-order valence-electron chi connectivity index (χ2n) is 6.39. The van der Waals surface area contributed by atoms with Crippen LogP contribution in [0.4, 0.5) is 4.39 Å². The van der Waals surface area contributed by atoms with Crippen molar-refractivity contribution in [3.05, 3.63) is 65.6 Å². The molecule has 0 aliphatic rings. The van der Waals surface area contributed by atoms with E-state index in [1.807, 2.05) is 41.9 Å². The van der Waals surface area contributed by atoms with Crippen molar-refractivity contribution < 1.29 is 9.13 Å². The first kappa shape index (κ1) is 16.5. The molecule has 0 saturated heterocycles. The van der Waals surface area contributed by atoms with Gasteiger partial charge >= 0.3 is 0 Å². The van der Waals surface area contributed by atoms with E-state index < -0.39 is 0 Å². The van der Waals surface area contributed by atoms with Crippen LogP contribution in [0, 0.1) is 5.82 Å². The third kappa shape index (κ3) is 3.60. The molecular formula is C20H23FN2O. The number of likely N-dealkylation sites (N-methyl/N-ethyl adjacent to an activating group) is 1. The van der Waals surface area contributed by atoms with Crippen molar-refractivity contribution in [2.75, 3.05) is 20.6 Å². The van der Waals surface area contributed by atoms with Gasteiger partial charge in [-0.05, 0) is 37.7 Å². The molecule has 1 heterocycles. The summed E-state index contributed by atoms with van der Waals surface area (Å²) in [4.78, 5) is 2.15. The first-order chi connectivity index (χ1) is 11.5. The molecule has 0 aliphatic carbocycles. The van der Waals surface area contributed by atoms with Crippen molar-refractivity contribution in [2.24, 2.45) is 7.05 Å². The second kappa shape index (κ2) is 7.05. The van der Waals surface area contributed by atoms with Crippen LogP contribution in [0.2, 0.25) is 0 Å². The van der Waals surface area contributed by atoms with Gasteiger partial charge in [-0.15, -0.1) is 0 Å². The van der Waals surface area contributed by atoms with E-state index in [0.717, 1.165) is 29.4 Å². The topological polar surface area (TPSA) is 17.4 Å². The van der Waals surface area contributed by atoms with Crippen LogP contribution in [0.25, 0.3) is 10.9 Å². The molecule has 0 N–H and O–H groups in total. The van der Waals surface area contributed by atoms with Crippen molar-refractivity contribution in [3.63, 3.8) is 0 Å². The zero-order valence-electron chi connectivity index (χ0n) is 14.4. The molecule has 0 unspecified atom stereocenters. The van der Waals surface area contributed by atoms with Gasteiger partial charge in [-0.2, -0.15) is 0 Å². The summed E-state index contributed by atoms with van der Waals surface area (Å²) in [6.45, 7) is 1.37. The van der Waals surface area contributed by atoms with Crippen LogP contribution in [0.1, 0.15) is 11.1 Å². The van der Waals surface area contributed by atoms with E-state index in [4.69, 9.17) is 4.74 Å². The van der Waals surface area contributed by atoms with E-state index in [-0.39, 0.29) is 5.82 Å². The molecule has 3 aromatic rings. The Morgan fingerprint density at radius 1 is 1.12 bits per heavy atom. The molecule has 1 aromatic heterocycles. The van der Waals surface area contributed by atoms with Gasteiger partial charge in [0.15, 0.2) is 0 Å². The first-order valence-corrected chi connectivity index (χ1v) is 8.13. The zero-order valence-corrected chi connectivity index (χ0v) is 14.4. The zero-order chi connectivity index (χ0) is 17.1. The summed E-state index contributed by atoms with van der Waals surface area (Å²) in [5, 5.41) is 1.01. The lowest BCUT2D eigenvalue weighted by molar-refractivity contribution is 0.308. The average molecular weight is 326 g/mol. The van der Waals surface area contributed by atoms with Crippen molar-refractivity contribution in [1.82, 2.24) is 9.47 Å². The Morgan fingerprint density at radius 2 is 1.88 bits per heavy atom. The van der Waals surface area contributed by atoms with Crippen LogP contribution in [-0.4, -0.2) is 30.1 Å². The van der Waals surface area contributed by atoms with Crippen LogP contribution in [0.15, 0.2) is 48.7 Å². The minimum atomic E-state index is -0.272. The van der Waals surface area contributed by atoms with E-state index in [1.54, 1.807) is 6.07 Å². The summed E-state index contributed by atoms with van der Waals surface area (Å²) in [6.07, 6.45) is 2.97. The van der Waals surface area contributed by atoms with E-state index in [9.17, 15) is 4.39 Å². The fraction of sp³-hybridized carbons (Fsp3) is 0.300. The monoisotopic (exact) mass is 326 g/mol. The van der Waals surface area contributed by atoms with Crippen LogP contribution in [0.3, 0.4) is 0 Å². The van der Waals surface area contributed by atoms with E-state index in [0.29, 0.717) is 12.4 Å². The molecule has 0 bridgehead atoms. The summed E-state index contributed by atoms with van der Waals surface area (Å²) < 4.78 is 22.0. The Kier molecular flexibility index (Phi) is 4.86. The highest BCUT2D eigenvalue weighted by Crippen LogP contribution is 2.32. The number of fused-ring (bicyclic) bond motifs is 1. The van der Waals surface area contributed by atoms with Gasteiger partial charge in [-0.3, -0.25) is 0 Å². The Labute approximate surface area is 142 Å². The summed E-state index contributed by atoms with van der Waals surface area (Å²) >= 11 is 0. The largest absolute Gasteiger partial charge is 0.488 e. The van der Waals surface area contributed by atoms with Crippen molar-refractivity contribution in [2.45, 2.75) is 13.0 Å². The minimum Gasteiger partial charge on any atom is -0.488 e. The molecule has 2 aromatic carbocycles. The molecule has 0 radical (unpaired) electrons. The number of ether oxygens (including phenoxy) is 1. The number of benzene rings is 2. The number of halogens is 1. The van der Waals surface area contributed by atoms with Gasteiger partial charge in [0.25, 0.3) is 0 Å². The number of aryl methyl sites for hydroxylation is 1. The summed E-state index contributed by atoms with van der Waals surface area (Å²) in [5.41, 5.74) is 3.12. The molecule has 126 valence electrons. The predicted octanol–water partition coefficient (Wildman–Crippen LogP) is 4.00. The average Bonchev–Trinajstić information content (AvgIpc) is 2.88. The van der Waals surface area contributed by atoms with Crippen molar-refractivity contribution in [3.8, 4) is 5.75 Å². The van der Waals surface area contributed by atoms with Crippen molar-refractivity contribution >= 4 is 10.9 Å². The highest BCUT2D eigenvalue weighted by molar-refractivity contribution is 5.90. The van der Waals surface area contributed by atoms with Crippen LogP contribution in [0.5, 0.6) is 5.75 Å². The molecule has 0 fully saturated rings. The fourth-order valence-electron chi connectivity index (χ4n) is 2.92. The normalized spacial score (nSPS) is 11.4. The standard InChI is InChI=1S/C20H23FN2O/c1-22(2)10-9-16-13-23(3)18-11-17(21)12-19(20(16)18)24-14-15-7-5-4-6-8-15/h4-8,11-13H,9-10,14H2,1-3H3. The maximum Gasteiger partial charge on any atom is 0.132 e. The number of rotatable bonds is 6. The van der Waals surface area contributed by atoms with E-state index >= 15 is 0 Å². The maximum absolute atomic E-state index is 14.0. The molecule has 3 nitrogen and oxygen atoms in total. The highest BCUT2D eigenvalue weighted by atomic mass is 19.1. The van der Waals surface area contributed by atoms with Gasteiger partial charge in [0.1, 0.15) is 18.2 Å². The van der Waals surface area contributed by atoms with Crippen LogP contribution < -0.4 is 4.74 Å². The van der Waals surface area contributed by atoms with Gasteiger partial charge in [0, 0.05) is 31.2 Å².